The Kier molecular flexibility index (Phi) is 3.30. The molecule has 0 N–H and O–H groups in total. The molecule has 0 bridgehead atoms. The molecule has 0 amide bonds. The molecule has 8 aromatic rings. The first kappa shape index (κ1) is 18.2. The molecule has 34 heavy (non-hydrogen) atoms. The van der Waals surface area contributed by atoms with Gasteiger partial charge in [-0.3, -0.25) is 0 Å². The van der Waals surface area contributed by atoms with E-state index in [9.17, 15) is 0 Å². The van der Waals surface area contributed by atoms with Crippen molar-refractivity contribution in [3.63, 3.8) is 0 Å². The lowest BCUT2D eigenvalue weighted by molar-refractivity contribution is 1.48. The number of para-hydroxylation sites is 2. The van der Waals surface area contributed by atoms with Crippen molar-refractivity contribution in [3.05, 3.63) is 96.1 Å². The number of rotatable bonds is 0. The molecule has 0 radical (unpaired) electrons. The van der Waals surface area contributed by atoms with E-state index in [1.54, 1.807) is 0 Å². The fraction of sp³-hybridized carbons (Fsp3) is 0.0625. The number of benzene rings is 6. The zero-order valence-electron chi connectivity index (χ0n) is 19.0. The number of pyridine rings is 2. The van der Waals surface area contributed by atoms with Gasteiger partial charge in [-0.1, -0.05) is 83.9 Å². The number of hydrogen-bond acceptors (Lipinski definition) is 2. The van der Waals surface area contributed by atoms with Gasteiger partial charge in [-0.25, -0.2) is 9.97 Å². The molecular formula is C32H20N2. The summed E-state index contributed by atoms with van der Waals surface area (Å²) < 4.78 is 0. The van der Waals surface area contributed by atoms with Crippen molar-refractivity contribution < 1.29 is 0 Å². The number of hydrogen-bond donors (Lipinski definition) is 0. The monoisotopic (exact) mass is 432 g/mol. The molecule has 158 valence electrons. The molecule has 0 aliphatic carbocycles. The molecule has 2 heteroatoms. The van der Waals surface area contributed by atoms with Crippen LogP contribution in [0, 0.1) is 13.8 Å². The molecule has 0 saturated carbocycles. The van der Waals surface area contributed by atoms with E-state index in [1.807, 2.05) is 0 Å². The van der Waals surface area contributed by atoms with E-state index in [2.05, 4.69) is 98.8 Å². The Balaban J connectivity index is 1.89. The Morgan fingerprint density at radius 3 is 1.32 bits per heavy atom. The van der Waals surface area contributed by atoms with Crippen LogP contribution in [0.5, 0.6) is 0 Å². The van der Waals surface area contributed by atoms with Crippen LogP contribution in [-0.4, -0.2) is 9.97 Å². The summed E-state index contributed by atoms with van der Waals surface area (Å²) in [6.45, 7) is 4.34. The van der Waals surface area contributed by atoms with Crippen LogP contribution < -0.4 is 0 Å². The standard InChI is InChI=1S/C32H20N2/c1-17-11-13-19-23(15-17)27-21-7-3-5-9-25(21)34-32-20-14-12-18(2)16-24(20)28-22-8-4-6-10-26(22)33-31(19)30(28)29(27)32/h3-16H,1-2H3. The zero-order chi connectivity index (χ0) is 22.6. The maximum atomic E-state index is 5.27. The highest BCUT2D eigenvalue weighted by molar-refractivity contribution is 6.44. The van der Waals surface area contributed by atoms with Gasteiger partial charge in [0.1, 0.15) is 0 Å². The fourth-order valence-corrected chi connectivity index (χ4v) is 6.00. The van der Waals surface area contributed by atoms with Gasteiger partial charge in [0.2, 0.25) is 0 Å². The second-order valence-electron chi connectivity index (χ2n) is 9.55. The summed E-state index contributed by atoms with van der Waals surface area (Å²) in [6, 6.07) is 30.7. The molecule has 0 saturated heterocycles. The zero-order valence-corrected chi connectivity index (χ0v) is 19.0. The molecule has 0 aliphatic rings. The first-order chi connectivity index (χ1) is 16.7. The average Bonchev–Trinajstić information content (AvgIpc) is 2.86. The van der Waals surface area contributed by atoms with Crippen LogP contribution in [0.2, 0.25) is 0 Å². The van der Waals surface area contributed by atoms with Crippen LogP contribution in [0.25, 0.3) is 75.9 Å². The van der Waals surface area contributed by atoms with Crippen molar-refractivity contribution in [1.29, 1.82) is 0 Å². The van der Waals surface area contributed by atoms with Crippen LogP contribution in [0.1, 0.15) is 11.1 Å². The molecule has 2 nitrogen and oxygen atoms in total. The Bertz CT molecular complexity index is 1980. The van der Waals surface area contributed by atoms with Gasteiger partial charge in [0.05, 0.1) is 22.1 Å². The van der Waals surface area contributed by atoms with Gasteiger partial charge < -0.3 is 0 Å². The Morgan fingerprint density at radius 1 is 0.412 bits per heavy atom. The van der Waals surface area contributed by atoms with Gasteiger partial charge in [-0.05, 0) is 36.8 Å². The highest BCUT2D eigenvalue weighted by Gasteiger charge is 2.22. The van der Waals surface area contributed by atoms with Crippen molar-refractivity contribution in [2.24, 2.45) is 0 Å². The topological polar surface area (TPSA) is 25.8 Å². The van der Waals surface area contributed by atoms with Crippen LogP contribution in [0.4, 0.5) is 0 Å². The minimum Gasteiger partial charge on any atom is -0.247 e. The summed E-state index contributed by atoms with van der Waals surface area (Å²) in [4.78, 5) is 10.5. The lowest BCUT2D eigenvalue weighted by Crippen LogP contribution is -1.96. The fourth-order valence-electron chi connectivity index (χ4n) is 6.00. The quantitative estimate of drug-likeness (QED) is 0.177. The van der Waals surface area contributed by atoms with Crippen LogP contribution in [0.3, 0.4) is 0 Å². The third-order valence-corrected chi connectivity index (χ3v) is 7.43. The minimum atomic E-state index is 1.04. The van der Waals surface area contributed by atoms with Gasteiger partial charge >= 0.3 is 0 Å². The second kappa shape index (κ2) is 6.18. The Morgan fingerprint density at radius 2 is 0.853 bits per heavy atom. The highest BCUT2D eigenvalue weighted by Crippen LogP contribution is 2.47. The average molecular weight is 433 g/mol. The van der Waals surface area contributed by atoms with E-state index in [1.165, 1.54) is 65.0 Å². The molecular weight excluding hydrogens is 412 g/mol. The van der Waals surface area contributed by atoms with E-state index in [0.29, 0.717) is 0 Å². The van der Waals surface area contributed by atoms with E-state index < -0.39 is 0 Å². The molecule has 0 unspecified atom stereocenters. The number of fused-ring (bicyclic) bond motifs is 10. The molecule has 0 spiro atoms. The summed E-state index contributed by atoms with van der Waals surface area (Å²) in [7, 11) is 0. The van der Waals surface area contributed by atoms with E-state index in [-0.39, 0.29) is 0 Å². The molecule has 0 aliphatic heterocycles. The van der Waals surface area contributed by atoms with Crippen molar-refractivity contribution >= 4 is 75.9 Å². The van der Waals surface area contributed by atoms with Crippen molar-refractivity contribution in [1.82, 2.24) is 9.97 Å². The first-order valence-electron chi connectivity index (χ1n) is 11.8. The van der Waals surface area contributed by atoms with Crippen molar-refractivity contribution in [3.8, 4) is 0 Å². The predicted molar refractivity (Wildman–Crippen MR) is 145 cm³/mol. The largest absolute Gasteiger partial charge is 0.247 e. The predicted octanol–water partition coefficient (Wildman–Crippen LogP) is 8.60. The van der Waals surface area contributed by atoms with Gasteiger partial charge in [-0.2, -0.15) is 0 Å². The van der Waals surface area contributed by atoms with Gasteiger partial charge in [0, 0.05) is 43.1 Å². The normalized spacial score (nSPS) is 12.4. The SMILES string of the molecule is Cc1ccc2c(c1)c1c3ccccc3nc3c4ccc(C)cc4c4c5ccccc5nc2c4c31. The highest BCUT2D eigenvalue weighted by atomic mass is 14.7. The van der Waals surface area contributed by atoms with Gasteiger partial charge in [-0.15, -0.1) is 0 Å². The summed E-state index contributed by atoms with van der Waals surface area (Å²) in [5, 5.41) is 12.4. The molecule has 0 atom stereocenters. The minimum absolute atomic E-state index is 1.04. The number of aryl methyl sites for hydroxylation is 2. The smallest absolute Gasteiger partial charge is 0.0801 e. The maximum Gasteiger partial charge on any atom is 0.0801 e. The van der Waals surface area contributed by atoms with Gasteiger partial charge in [0.25, 0.3) is 0 Å². The Labute approximate surface area is 195 Å². The van der Waals surface area contributed by atoms with E-state index in [0.717, 1.165) is 22.1 Å². The first-order valence-corrected chi connectivity index (χ1v) is 11.8. The molecule has 0 fully saturated rings. The van der Waals surface area contributed by atoms with E-state index >= 15 is 0 Å². The third kappa shape index (κ3) is 2.16. The van der Waals surface area contributed by atoms with E-state index in [4.69, 9.17) is 9.97 Å². The molecule has 8 rings (SSSR count). The second-order valence-corrected chi connectivity index (χ2v) is 9.55. The lowest BCUT2D eigenvalue weighted by Gasteiger charge is -2.20. The van der Waals surface area contributed by atoms with Crippen molar-refractivity contribution in [2.75, 3.05) is 0 Å². The van der Waals surface area contributed by atoms with Crippen molar-refractivity contribution in [2.45, 2.75) is 13.8 Å². The molecule has 2 aromatic heterocycles. The van der Waals surface area contributed by atoms with Crippen LogP contribution in [0.15, 0.2) is 84.9 Å². The third-order valence-electron chi connectivity index (χ3n) is 7.43. The van der Waals surface area contributed by atoms with Crippen LogP contribution >= 0.6 is 0 Å². The summed E-state index contributed by atoms with van der Waals surface area (Å²) in [5.74, 6) is 0. The number of nitrogens with zero attached hydrogens (tertiary/aromatic N) is 2. The van der Waals surface area contributed by atoms with Gasteiger partial charge in [0.15, 0.2) is 0 Å². The summed E-state index contributed by atoms with van der Waals surface area (Å²) in [6.07, 6.45) is 0. The molecule has 6 aromatic carbocycles. The lowest BCUT2D eigenvalue weighted by atomic mass is 9.86. The molecule has 2 heterocycles. The Hall–Kier alpha value is -4.30. The summed E-state index contributed by atoms with van der Waals surface area (Å²) >= 11 is 0. The summed E-state index contributed by atoms with van der Waals surface area (Å²) in [5.41, 5.74) is 6.73. The number of aromatic nitrogens is 2. The van der Waals surface area contributed by atoms with Crippen LogP contribution in [-0.2, 0) is 0 Å². The maximum absolute atomic E-state index is 5.27.